The van der Waals surface area contributed by atoms with Crippen molar-refractivity contribution in [3.63, 3.8) is 0 Å². The van der Waals surface area contributed by atoms with Crippen molar-refractivity contribution in [3.8, 4) is 0 Å². The molecule has 0 atom stereocenters. The number of hydrogen-bond donors (Lipinski definition) is 0. The van der Waals surface area contributed by atoms with Crippen LogP contribution in [0.25, 0.3) is 0 Å². The maximum absolute atomic E-state index is 4.17. The van der Waals surface area contributed by atoms with E-state index < -0.39 is 0 Å². The van der Waals surface area contributed by atoms with E-state index in [1.165, 1.54) is 5.69 Å². The smallest absolute Gasteiger partial charge is 0.128 e. The molecule has 0 saturated carbocycles. The predicted octanol–water partition coefficient (Wildman–Crippen LogP) is 2.98. The van der Waals surface area contributed by atoms with E-state index in [4.69, 9.17) is 0 Å². The number of hydrogen-bond acceptors (Lipinski definition) is 1. The summed E-state index contributed by atoms with van der Waals surface area (Å²) in [5.41, 5.74) is 1.25. The summed E-state index contributed by atoms with van der Waals surface area (Å²) in [6.45, 7) is 7.47. The van der Waals surface area contributed by atoms with Gasteiger partial charge >= 0.3 is 0 Å². The maximum Gasteiger partial charge on any atom is 0.128 e. The Morgan fingerprint density at radius 2 is 2.25 bits per heavy atom. The lowest BCUT2D eigenvalue weighted by atomic mass is 10.1. The molecule has 1 aromatic rings. The molecule has 0 fully saturated rings. The van der Waals surface area contributed by atoms with Gasteiger partial charge in [-0.2, -0.15) is 5.10 Å². The van der Waals surface area contributed by atoms with Gasteiger partial charge < -0.3 is 0 Å². The zero-order valence-electron chi connectivity index (χ0n) is 7.76. The Hall–Kier alpha value is -0.310. The second-order valence-electron chi connectivity index (χ2n) is 3.19. The molecular formula is C9H14BrN2. The first-order valence-electron chi connectivity index (χ1n) is 4.30. The average molecular weight is 230 g/mol. The first kappa shape index (κ1) is 9.78. The van der Waals surface area contributed by atoms with Gasteiger partial charge in [0.25, 0.3) is 0 Å². The van der Waals surface area contributed by atoms with Gasteiger partial charge in [-0.05, 0) is 28.3 Å². The Balaban J connectivity index is 2.95. The quantitative estimate of drug-likeness (QED) is 0.780. The SMILES string of the molecule is CCCn1n[c]c(Br)c1C(C)C. The van der Waals surface area contributed by atoms with Gasteiger partial charge in [-0.3, -0.25) is 4.68 Å². The van der Waals surface area contributed by atoms with Crippen LogP contribution in [0.2, 0.25) is 0 Å². The van der Waals surface area contributed by atoms with Crippen LogP contribution in [0, 0.1) is 6.20 Å². The maximum atomic E-state index is 4.17. The van der Waals surface area contributed by atoms with Gasteiger partial charge in [-0.1, -0.05) is 20.8 Å². The number of aryl methyl sites for hydroxylation is 1. The van der Waals surface area contributed by atoms with E-state index in [0.717, 1.165) is 17.4 Å². The molecule has 0 unspecified atom stereocenters. The van der Waals surface area contributed by atoms with E-state index >= 15 is 0 Å². The highest BCUT2D eigenvalue weighted by Gasteiger charge is 2.11. The van der Waals surface area contributed by atoms with Gasteiger partial charge in [0.15, 0.2) is 0 Å². The van der Waals surface area contributed by atoms with Crippen molar-refractivity contribution in [1.29, 1.82) is 0 Å². The Kier molecular flexibility index (Phi) is 3.32. The van der Waals surface area contributed by atoms with Crippen molar-refractivity contribution in [2.75, 3.05) is 0 Å². The topological polar surface area (TPSA) is 17.8 Å². The summed E-state index contributed by atoms with van der Waals surface area (Å²) in [6, 6.07) is 0. The monoisotopic (exact) mass is 229 g/mol. The van der Waals surface area contributed by atoms with Crippen LogP contribution >= 0.6 is 15.9 Å². The average Bonchev–Trinajstić information content (AvgIpc) is 2.32. The lowest BCUT2D eigenvalue weighted by molar-refractivity contribution is 0.556. The Bertz CT molecular complexity index is 253. The van der Waals surface area contributed by atoms with Crippen LogP contribution in [0.4, 0.5) is 0 Å². The standard InChI is InChI=1S/C9H14BrN2/c1-4-5-12-9(7(2)3)8(10)6-11-12/h7H,4-5H2,1-3H3. The first-order valence-corrected chi connectivity index (χ1v) is 5.10. The second kappa shape index (κ2) is 4.08. The summed E-state index contributed by atoms with van der Waals surface area (Å²) in [5.74, 6) is 0.504. The minimum absolute atomic E-state index is 0.504. The number of aromatic nitrogens is 2. The summed E-state index contributed by atoms with van der Waals surface area (Å²) in [7, 11) is 0. The lowest BCUT2D eigenvalue weighted by Crippen LogP contribution is -2.05. The summed E-state index contributed by atoms with van der Waals surface area (Å²) in [4.78, 5) is 0. The number of nitrogens with zero attached hydrogens (tertiary/aromatic N) is 2. The van der Waals surface area contributed by atoms with E-state index in [1.54, 1.807) is 0 Å². The molecule has 1 rings (SSSR count). The Labute approximate surface area is 82.1 Å². The summed E-state index contributed by atoms with van der Waals surface area (Å²) in [5, 5.41) is 4.17. The molecule has 0 N–H and O–H groups in total. The molecule has 1 radical (unpaired) electrons. The molecule has 1 heterocycles. The van der Waals surface area contributed by atoms with Crippen LogP contribution in [0.3, 0.4) is 0 Å². The Morgan fingerprint density at radius 1 is 1.58 bits per heavy atom. The molecule has 67 valence electrons. The van der Waals surface area contributed by atoms with Crippen molar-refractivity contribution in [2.24, 2.45) is 0 Å². The van der Waals surface area contributed by atoms with E-state index in [1.807, 2.05) is 4.68 Å². The van der Waals surface area contributed by atoms with Crippen molar-refractivity contribution in [2.45, 2.75) is 39.7 Å². The highest BCUT2D eigenvalue weighted by atomic mass is 79.9. The molecule has 0 aliphatic heterocycles. The van der Waals surface area contributed by atoms with E-state index in [0.29, 0.717) is 5.92 Å². The van der Waals surface area contributed by atoms with E-state index in [2.05, 4.69) is 48.0 Å². The third-order valence-corrected chi connectivity index (χ3v) is 2.34. The molecule has 0 spiro atoms. The zero-order chi connectivity index (χ0) is 9.14. The number of rotatable bonds is 3. The van der Waals surface area contributed by atoms with Crippen LogP contribution < -0.4 is 0 Å². The van der Waals surface area contributed by atoms with Crippen molar-refractivity contribution in [3.05, 3.63) is 16.4 Å². The normalized spacial score (nSPS) is 11.1. The van der Waals surface area contributed by atoms with Gasteiger partial charge in [0.2, 0.25) is 0 Å². The Morgan fingerprint density at radius 3 is 2.75 bits per heavy atom. The highest BCUT2D eigenvalue weighted by Crippen LogP contribution is 2.23. The molecule has 12 heavy (non-hydrogen) atoms. The van der Waals surface area contributed by atoms with Gasteiger partial charge in [0.1, 0.15) is 6.20 Å². The molecule has 0 aliphatic carbocycles. The summed E-state index contributed by atoms with van der Waals surface area (Å²) < 4.78 is 3.03. The van der Waals surface area contributed by atoms with Gasteiger partial charge in [-0.25, -0.2) is 0 Å². The molecule has 2 nitrogen and oxygen atoms in total. The van der Waals surface area contributed by atoms with Crippen LogP contribution in [0.15, 0.2) is 4.47 Å². The molecule has 3 heteroatoms. The molecule has 0 saturated heterocycles. The minimum Gasteiger partial charge on any atom is -0.267 e. The fourth-order valence-electron chi connectivity index (χ4n) is 1.26. The molecule has 1 aromatic heterocycles. The van der Waals surface area contributed by atoms with Crippen molar-refractivity contribution in [1.82, 2.24) is 9.78 Å². The summed E-state index contributed by atoms with van der Waals surface area (Å²) in [6.07, 6.45) is 4.05. The van der Waals surface area contributed by atoms with E-state index in [9.17, 15) is 0 Å². The van der Waals surface area contributed by atoms with Gasteiger partial charge in [-0.15, -0.1) is 0 Å². The molecule has 0 bridgehead atoms. The molecule has 0 aromatic carbocycles. The minimum atomic E-state index is 0.504. The van der Waals surface area contributed by atoms with Crippen LogP contribution in [-0.2, 0) is 6.54 Å². The zero-order valence-corrected chi connectivity index (χ0v) is 9.35. The molecule has 0 aliphatic rings. The van der Waals surface area contributed by atoms with Gasteiger partial charge in [0.05, 0.1) is 10.2 Å². The molecule has 0 amide bonds. The fraction of sp³-hybridized carbons (Fsp3) is 0.667. The largest absolute Gasteiger partial charge is 0.267 e. The summed E-state index contributed by atoms with van der Waals surface area (Å²) >= 11 is 3.45. The van der Waals surface area contributed by atoms with Crippen LogP contribution in [-0.4, -0.2) is 9.78 Å². The first-order chi connectivity index (χ1) is 5.66. The van der Waals surface area contributed by atoms with Crippen molar-refractivity contribution < 1.29 is 0 Å². The third-order valence-electron chi connectivity index (χ3n) is 1.75. The van der Waals surface area contributed by atoms with Crippen LogP contribution in [0.5, 0.6) is 0 Å². The number of halogens is 1. The second-order valence-corrected chi connectivity index (χ2v) is 3.98. The highest BCUT2D eigenvalue weighted by molar-refractivity contribution is 9.10. The van der Waals surface area contributed by atoms with E-state index in [-0.39, 0.29) is 0 Å². The van der Waals surface area contributed by atoms with Crippen molar-refractivity contribution >= 4 is 15.9 Å². The van der Waals surface area contributed by atoms with Gasteiger partial charge in [0, 0.05) is 6.54 Å². The lowest BCUT2D eigenvalue weighted by Gasteiger charge is -2.09. The predicted molar refractivity (Wildman–Crippen MR) is 53.1 cm³/mol. The molecular weight excluding hydrogens is 216 g/mol. The third kappa shape index (κ3) is 1.89. The fourth-order valence-corrected chi connectivity index (χ4v) is 2.00. The van der Waals surface area contributed by atoms with Crippen LogP contribution in [0.1, 0.15) is 38.8 Å².